The molecule has 0 fully saturated rings. The second kappa shape index (κ2) is 4.78. The van der Waals surface area contributed by atoms with Gasteiger partial charge in [-0.25, -0.2) is 0 Å². The zero-order valence-electron chi connectivity index (χ0n) is 9.90. The lowest BCUT2D eigenvalue weighted by Gasteiger charge is -2.11. The van der Waals surface area contributed by atoms with Gasteiger partial charge in [-0.1, -0.05) is 18.2 Å². The third-order valence-corrected chi connectivity index (χ3v) is 2.84. The van der Waals surface area contributed by atoms with Crippen molar-refractivity contribution in [2.45, 2.75) is 13.5 Å². The number of nitrogens with two attached hydrogens (primary N) is 2. The molecule has 0 radical (unpaired) electrons. The van der Waals surface area contributed by atoms with Crippen LogP contribution < -0.4 is 16.8 Å². The Hall–Kier alpha value is -2.16. The summed E-state index contributed by atoms with van der Waals surface area (Å²) in [5, 5.41) is 3.37. The summed E-state index contributed by atoms with van der Waals surface area (Å²) in [7, 11) is 0. The Morgan fingerprint density at radius 1 is 1.00 bits per heavy atom. The third-order valence-electron chi connectivity index (χ3n) is 2.84. The number of nitrogen functional groups attached to an aromatic ring is 2. The van der Waals surface area contributed by atoms with Crippen LogP contribution in [0.4, 0.5) is 17.1 Å². The lowest BCUT2D eigenvalue weighted by molar-refractivity contribution is 1.14. The molecule has 5 N–H and O–H groups in total. The Labute approximate surface area is 101 Å². The standard InChI is InChI=1S/C14H17N3/c1-10-13(16)3-2-4-14(10)17-9-11-5-7-12(15)8-6-11/h2-8,17H,9,15-16H2,1H3. The smallest absolute Gasteiger partial charge is 0.0400 e. The molecule has 0 bridgehead atoms. The van der Waals surface area contributed by atoms with Crippen LogP contribution in [0.15, 0.2) is 42.5 Å². The molecule has 0 saturated heterocycles. The van der Waals surface area contributed by atoms with Gasteiger partial charge in [0.25, 0.3) is 0 Å². The molecule has 0 saturated carbocycles. The van der Waals surface area contributed by atoms with E-state index in [1.807, 2.05) is 49.4 Å². The van der Waals surface area contributed by atoms with E-state index >= 15 is 0 Å². The minimum absolute atomic E-state index is 0.768. The Bertz CT molecular complexity index is 503. The lowest BCUT2D eigenvalue weighted by Crippen LogP contribution is -2.02. The van der Waals surface area contributed by atoms with Crippen molar-refractivity contribution in [3.8, 4) is 0 Å². The zero-order chi connectivity index (χ0) is 12.3. The van der Waals surface area contributed by atoms with Gasteiger partial charge in [0, 0.05) is 23.6 Å². The van der Waals surface area contributed by atoms with Gasteiger partial charge in [0.1, 0.15) is 0 Å². The molecule has 0 aliphatic carbocycles. The Morgan fingerprint density at radius 3 is 2.41 bits per heavy atom. The van der Waals surface area contributed by atoms with E-state index in [1.165, 1.54) is 5.56 Å². The normalized spacial score (nSPS) is 10.2. The first-order valence-electron chi connectivity index (χ1n) is 5.60. The molecule has 0 spiro atoms. The van der Waals surface area contributed by atoms with E-state index in [2.05, 4.69) is 5.32 Å². The minimum Gasteiger partial charge on any atom is -0.399 e. The van der Waals surface area contributed by atoms with E-state index in [1.54, 1.807) is 0 Å². The molecule has 2 aromatic rings. The van der Waals surface area contributed by atoms with Gasteiger partial charge in [0.15, 0.2) is 0 Å². The molecular formula is C14H17N3. The molecular weight excluding hydrogens is 210 g/mol. The molecule has 2 aromatic carbocycles. The quantitative estimate of drug-likeness (QED) is 0.706. The first-order chi connectivity index (χ1) is 8.16. The molecule has 0 aromatic heterocycles. The van der Waals surface area contributed by atoms with Crippen molar-refractivity contribution in [2.75, 3.05) is 16.8 Å². The van der Waals surface area contributed by atoms with E-state index < -0.39 is 0 Å². The van der Waals surface area contributed by atoms with Crippen LogP contribution in [-0.4, -0.2) is 0 Å². The highest BCUT2D eigenvalue weighted by Gasteiger charge is 2.00. The van der Waals surface area contributed by atoms with Crippen LogP contribution in [-0.2, 0) is 6.54 Å². The van der Waals surface area contributed by atoms with Gasteiger partial charge in [-0.2, -0.15) is 0 Å². The number of nitrogens with one attached hydrogen (secondary N) is 1. The van der Waals surface area contributed by atoms with Gasteiger partial charge in [0.05, 0.1) is 0 Å². The molecule has 0 unspecified atom stereocenters. The predicted octanol–water partition coefficient (Wildman–Crippen LogP) is 2.77. The average molecular weight is 227 g/mol. The molecule has 0 amide bonds. The fourth-order valence-electron chi connectivity index (χ4n) is 1.68. The van der Waals surface area contributed by atoms with Crippen LogP contribution in [0, 0.1) is 6.92 Å². The molecule has 3 heteroatoms. The zero-order valence-corrected chi connectivity index (χ0v) is 9.90. The van der Waals surface area contributed by atoms with Gasteiger partial charge in [-0.05, 0) is 42.3 Å². The monoisotopic (exact) mass is 227 g/mol. The molecule has 0 heterocycles. The van der Waals surface area contributed by atoms with Gasteiger partial charge in [-0.15, -0.1) is 0 Å². The molecule has 0 atom stereocenters. The minimum atomic E-state index is 0.768. The van der Waals surface area contributed by atoms with Gasteiger partial charge < -0.3 is 16.8 Å². The maximum absolute atomic E-state index is 5.85. The number of hydrogen-bond donors (Lipinski definition) is 3. The molecule has 0 aliphatic rings. The van der Waals surface area contributed by atoms with E-state index in [9.17, 15) is 0 Å². The van der Waals surface area contributed by atoms with Crippen molar-refractivity contribution in [1.82, 2.24) is 0 Å². The molecule has 2 rings (SSSR count). The van der Waals surface area contributed by atoms with E-state index in [-0.39, 0.29) is 0 Å². The fraction of sp³-hybridized carbons (Fsp3) is 0.143. The second-order valence-corrected chi connectivity index (χ2v) is 4.11. The first kappa shape index (κ1) is 11.3. The highest BCUT2D eigenvalue weighted by atomic mass is 14.9. The molecule has 17 heavy (non-hydrogen) atoms. The summed E-state index contributed by atoms with van der Waals surface area (Å²) in [6.45, 7) is 2.78. The van der Waals surface area contributed by atoms with Crippen LogP contribution in [0.1, 0.15) is 11.1 Å². The number of hydrogen-bond acceptors (Lipinski definition) is 3. The lowest BCUT2D eigenvalue weighted by atomic mass is 10.1. The highest BCUT2D eigenvalue weighted by Crippen LogP contribution is 2.21. The Morgan fingerprint density at radius 2 is 1.71 bits per heavy atom. The Kier molecular flexibility index (Phi) is 3.19. The predicted molar refractivity (Wildman–Crippen MR) is 73.8 cm³/mol. The van der Waals surface area contributed by atoms with Crippen LogP contribution in [0.2, 0.25) is 0 Å². The largest absolute Gasteiger partial charge is 0.399 e. The van der Waals surface area contributed by atoms with Gasteiger partial charge in [0.2, 0.25) is 0 Å². The van der Waals surface area contributed by atoms with Crippen LogP contribution in [0.3, 0.4) is 0 Å². The summed E-state index contributed by atoms with van der Waals surface area (Å²) in [4.78, 5) is 0. The maximum Gasteiger partial charge on any atom is 0.0400 e. The first-order valence-corrected chi connectivity index (χ1v) is 5.60. The van der Waals surface area contributed by atoms with Crippen molar-refractivity contribution in [1.29, 1.82) is 0 Å². The van der Waals surface area contributed by atoms with Gasteiger partial charge in [-0.3, -0.25) is 0 Å². The van der Waals surface area contributed by atoms with Crippen molar-refractivity contribution < 1.29 is 0 Å². The summed E-state index contributed by atoms with van der Waals surface area (Å²) in [5.41, 5.74) is 16.4. The molecule has 88 valence electrons. The summed E-state index contributed by atoms with van der Waals surface area (Å²) in [6, 6.07) is 13.7. The summed E-state index contributed by atoms with van der Waals surface area (Å²) >= 11 is 0. The van der Waals surface area contributed by atoms with E-state index in [0.29, 0.717) is 0 Å². The maximum atomic E-state index is 5.85. The van der Waals surface area contributed by atoms with Crippen molar-refractivity contribution >= 4 is 17.1 Å². The van der Waals surface area contributed by atoms with Crippen molar-refractivity contribution in [3.05, 3.63) is 53.6 Å². The van der Waals surface area contributed by atoms with Crippen LogP contribution >= 0.6 is 0 Å². The average Bonchev–Trinajstić information content (AvgIpc) is 2.33. The number of rotatable bonds is 3. The SMILES string of the molecule is Cc1c(N)cccc1NCc1ccc(N)cc1. The number of anilines is 3. The van der Waals surface area contributed by atoms with Crippen LogP contribution in [0.5, 0.6) is 0 Å². The topological polar surface area (TPSA) is 64.1 Å². The third kappa shape index (κ3) is 2.69. The summed E-state index contributed by atoms with van der Waals surface area (Å²) in [5.74, 6) is 0. The van der Waals surface area contributed by atoms with Crippen LogP contribution in [0.25, 0.3) is 0 Å². The summed E-state index contributed by atoms with van der Waals surface area (Å²) in [6.07, 6.45) is 0. The van der Waals surface area contributed by atoms with Crippen molar-refractivity contribution in [2.24, 2.45) is 0 Å². The highest BCUT2D eigenvalue weighted by molar-refractivity contribution is 5.62. The van der Waals surface area contributed by atoms with Crippen molar-refractivity contribution in [3.63, 3.8) is 0 Å². The Balaban J connectivity index is 2.07. The second-order valence-electron chi connectivity index (χ2n) is 4.11. The fourth-order valence-corrected chi connectivity index (χ4v) is 1.68. The molecule has 0 aliphatic heterocycles. The summed E-state index contributed by atoms with van der Waals surface area (Å²) < 4.78 is 0. The van der Waals surface area contributed by atoms with E-state index in [4.69, 9.17) is 11.5 Å². The van der Waals surface area contributed by atoms with E-state index in [0.717, 1.165) is 29.2 Å². The van der Waals surface area contributed by atoms with Gasteiger partial charge >= 0.3 is 0 Å². The molecule has 3 nitrogen and oxygen atoms in total. The number of benzene rings is 2.